The lowest BCUT2D eigenvalue weighted by Gasteiger charge is -2.33. The molecule has 1 heterocycles. The van der Waals surface area contributed by atoms with Crippen LogP contribution in [0.4, 0.5) is 0 Å². The number of hydrogen-bond acceptors (Lipinski definition) is 2. The topological polar surface area (TPSA) is 12.0 Å². The molecule has 0 spiro atoms. The van der Waals surface area contributed by atoms with Crippen molar-refractivity contribution in [2.75, 3.05) is 6.54 Å². The van der Waals surface area contributed by atoms with Crippen molar-refractivity contribution < 1.29 is 0 Å². The third kappa shape index (κ3) is 2.34. The molecule has 2 unspecified atom stereocenters. The van der Waals surface area contributed by atoms with Gasteiger partial charge in [0, 0.05) is 23.4 Å². The number of hydrogen-bond donors (Lipinski definition) is 1. The first kappa shape index (κ1) is 13.3. The molecule has 1 aromatic carbocycles. The van der Waals surface area contributed by atoms with Gasteiger partial charge in [0.15, 0.2) is 0 Å². The van der Waals surface area contributed by atoms with Crippen molar-refractivity contribution in [3.8, 4) is 0 Å². The van der Waals surface area contributed by atoms with E-state index in [0.29, 0.717) is 6.04 Å². The molecule has 1 nitrogen and oxygen atoms in total. The summed E-state index contributed by atoms with van der Waals surface area (Å²) in [5.41, 5.74) is 4.70. The fraction of sp³-hybridized carbons (Fsp3) is 0.412. The van der Waals surface area contributed by atoms with Crippen molar-refractivity contribution in [3.63, 3.8) is 0 Å². The average Bonchev–Trinajstić information content (AvgIpc) is 2.81. The van der Waals surface area contributed by atoms with Crippen LogP contribution in [-0.4, -0.2) is 6.54 Å². The van der Waals surface area contributed by atoms with Crippen LogP contribution < -0.4 is 5.32 Å². The minimum Gasteiger partial charge on any atom is -0.309 e. The first-order chi connectivity index (χ1) is 9.81. The summed E-state index contributed by atoms with van der Waals surface area (Å²) in [6.07, 6.45) is 5.17. The second kappa shape index (κ2) is 5.43. The van der Waals surface area contributed by atoms with Crippen LogP contribution in [0.2, 0.25) is 0 Å². The molecule has 0 fully saturated rings. The molecular formula is C17H18INS. The van der Waals surface area contributed by atoms with Gasteiger partial charge in [-0.25, -0.2) is 0 Å². The number of nitrogens with one attached hydrogen (secondary N) is 1. The maximum atomic E-state index is 3.84. The molecule has 1 N–H and O–H groups in total. The lowest BCUT2D eigenvalue weighted by atomic mass is 9.77. The smallest absolute Gasteiger partial charge is 0.0659 e. The number of rotatable bonds is 3. The van der Waals surface area contributed by atoms with Crippen LogP contribution in [0.1, 0.15) is 46.4 Å². The lowest BCUT2D eigenvalue weighted by Crippen LogP contribution is -2.32. The largest absolute Gasteiger partial charge is 0.309 e. The maximum absolute atomic E-state index is 3.84. The van der Waals surface area contributed by atoms with Gasteiger partial charge in [-0.05, 0) is 71.0 Å². The molecule has 104 valence electrons. The van der Waals surface area contributed by atoms with Crippen molar-refractivity contribution in [1.29, 1.82) is 0 Å². The lowest BCUT2D eigenvalue weighted by molar-refractivity contribution is 0.428. The van der Waals surface area contributed by atoms with Crippen molar-refractivity contribution in [2.24, 2.45) is 0 Å². The van der Waals surface area contributed by atoms with Crippen LogP contribution in [0.15, 0.2) is 30.3 Å². The Hall–Kier alpha value is -0.390. The van der Waals surface area contributed by atoms with Crippen LogP contribution in [0, 0.1) is 2.88 Å². The van der Waals surface area contributed by atoms with E-state index in [1.807, 2.05) is 11.3 Å². The predicted molar refractivity (Wildman–Crippen MR) is 93.6 cm³/mol. The van der Waals surface area contributed by atoms with E-state index in [1.54, 1.807) is 21.6 Å². The molecule has 1 aromatic heterocycles. The first-order valence-corrected chi connectivity index (χ1v) is 9.30. The summed E-state index contributed by atoms with van der Waals surface area (Å²) in [7, 11) is 0. The van der Waals surface area contributed by atoms with Crippen LogP contribution >= 0.6 is 33.9 Å². The van der Waals surface area contributed by atoms with E-state index in [9.17, 15) is 0 Å². The van der Waals surface area contributed by atoms with E-state index in [4.69, 9.17) is 0 Å². The molecule has 0 amide bonds. The highest BCUT2D eigenvalue weighted by molar-refractivity contribution is 14.1. The fourth-order valence-corrected chi connectivity index (χ4v) is 5.68. The van der Waals surface area contributed by atoms with E-state index in [2.05, 4.69) is 58.2 Å². The Morgan fingerprint density at radius 3 is 3.05 bits per heavy atom. The summed E-state index contributed by atoms with van der Waals surface area (Å²) in [6.45, 7) is 1.13. The summed E-state index contributed by atoms with van der Waals surface area (Å²) in [5.74, 6) is 0.731. The third-order valence-electron chi connectivity index (χ3n) is 4.66. The Labute approximate surface area is 137 Å². The maximum Gasteiger partial charge on any atom is 0.0659 e. The van der Waals surface area contributed by atoms with Gasteiger partial charge in [-0.3, -0.25) is 0 Å². The van der Waals surface area contributed by atoms with Crippen LogP contribution in [0.5, 0.6) is 0 Å². The van der Waals surface area contributed by atoms with Crippen molar-refractivity contribution >= 4 is 33.9 Å². The first-order valence-electron chi connectivity index (χ1n) is 7.40. The van der Waals surface area contributed by atoms with Gasteiger partial charge >= 0.3 is 0 Å². The SMILES string of the molecule is Ic1cc2c(s1)CCCC2NCC1Cc2ccccc21. The van der Waals surface area contributed by atoms with Crippen molar-refractivity contribution in [1.82, 2.24) is 5.32 Å². The quantitative estimate of drug-likeness (QED) is 0.746. The Morgan fingerprint density at radius 2 is 2.15 bits per heavy atom. The molecule has 4 rings (SSSR count). The highest BCUT2D eigenvalue weighted by Crippen LogP contribution is 2.38. The van der Waals surface area contributed by atoms with Gasteiger partial charge in [0.25, 0.3) is 0 Å². The van der Waals surface area contributed by atoms with Gasteiger partial charge in [-0.15, -0.1) is 11.3 Å². The minimum absolute atomic E-state index is 0.589. The van der Waals surface area contributed by atoms with Crippen LogP contribution in [-0.2, 0) is 12.8 Å². The Kier molecular flexibility index (Phi) is 3.60. The molecule has 0 radical (unpaired) electrons. The van der Waals surface area contributed by atoms with Crippen LogP contribution in [0.25, 0.3) is 0 Å². The number of benzene rings is 1. The standard InChI is InChI=1S/C17H18INS/c18-17-9-14-15(6-3-7-16(14)20-17)19-10-12-8-11-4-1-2-5-13(11)12/h1-2,4-5,9,12,15,19H,3,6-8,10H2. The summed E-state index contributed by atoms with van der Waals surface area (Å²) in [5, 5.41) is 3.84. The Balaban J connectivity index is 1.44. The summed E-state index contributed by atoms with van der Waals surface area (Å²) in [6, 6.07) is 11.9. The normalized spacial score (nSPS) is 23.9. The van der Waals surface area contributed by atoms with E-state index in [-0.39, 0.29) is 0 Å². The summed E-state index contributed by atoms with van der Waals surface area (Å²) in [4.78, 5) is 1.62. The molecule has 20 heavy (non-hydrogen) atoms. The molecule has 0 aliphatic heterocycles. The summed E-state index contributed by atoms with van der Waals surface area (Å²) < 4.78 is 1.44. The van der Waals surface area contributed by atoms with Gasteiger partial charge in [0.1, 0.15) is 0 Å². The molecule has 2 aliphatic carbocycles. The predicted octanol–water partition coefficient (Wildman–Crippen LogP) is 4.66. The second-order valence-electron chi connectivity index (χ2n) is 5.88. The molecule has 0 bridgehead atoms. The highest BCUT2D eigenvalue weighted by atomic mass is 127. The monoisotopic (exact) mass is 395 g/mol. The van der Waals surface area contributed by atoms with Gasteiger partial charge in [-0.1, -0.05) is 24.3 Å². The van der Waals surface area contributed by atoms with E-state index >= 15 is 0 Å². The van der Waals surface area contributed by atoms with Gasteiger partial charge in [0.05, 0.1) is 2.88 Å². The molecular weight excluding hydrogens is 377 g/mol. The fourth-order valence-electron chi connectivity index (χ4n) is 3.56. The molecule has 2 aromatic rings. The summed E-state index contributed by atoms with van der Waals surface area (Å²) >= 11 is 4.45. The van der Waals surface area contributed by atoms with E-state index in [0.717, 1.165) is 12.5 Å². The van der Waals surface area contributed by atoms with Crippen LogP contribution in [0.3, 0.4) is 0 Å². The van der Waals surface area contributed by atoms with Crippen molar-refractivity contribution in [2.45, 2.75) is 37.6 Å². The molecule has 2 atom stereocenters. The third-order valence-corrected chi connectivity index (χ3v) is 6.63. The van der Waals surface area contributed by atoms with E-state index < -0.39 is 0 Å². The molecule has 3 heteroatoms. The van der Waals surface area contributed by atoms with Gasteiger partial charge in [-0.2, -0.15) is 0 Å². The highest BCUT2D eigenvalue weighted by Gasteiger charge is 2.28. The minimum atomic E-state index is 0.589. The van der Waals surface area contributed by atoms with Crippen molar-refractivity contribution in [3.05, 3.63) is 54.8 Å². The molecule has 0 saturated carbocycles. The Bertz CT molecular complexity index is 634. The zero-order valence-electron chi connectivity index (χ0n) is 11.4. The van der Waals surface area contributed by atoms with E-state index in [1.165, 1.54) is 28.6 Å². The number of thiophene rings is 1. The van der Waals surface area contributed by atoms with Gasteiger partial charge < -0.3 is 5.32 Å². The number of aryl methyl sites for hydroxylation is 1. The Morgan fingerprint density at radius 1 is 1.25 bits per heavy atom. The zero-order chi connectivity index (χ0) is 13.5. The molecule has 0 saturated heterocycles. The molecule has 2 aliphatic rings. The van der Waals surface area contributed by atoms with Gasteiger partial charge in [0.2, 0.25) is 0 Å². The number of fused-ring (bicyclic) bond motifs is 2. The number of halogens is 1. The zero-order valence-corrected chi connectivity index (χ0v) is 14.3. The second-order valence-corrected chi connectivity index (χ2v) is 8.91. The average molecular weight is 395 g/mol.